The van der Waals surface area contributed by atoms with Gasteiger partial charge in [-0.1, -0.05) is 66.7 Å². The highest BCUT2D eigenvalue weighted by molar-refractivity contribution is 5.69. The highest BCUT2D eigenvalue weighted by Gasteiger charge is 2.30. The van der Waals surface area contributed by atoms with Crippen molar-refractivity contribution in [2.45, 2.75) is 12.5 Å². The molecule has 0 unspecified atom stereocenters. The molecule has 0 amide bonds. The van der Waals surface area contributed by atoms with Gasteiger partial charge in [0.1, 0.15) is 18.8 Å². The first-order valence-corrected chi connectivity index (χ1v) is 10.7. The fourth-order valence-corrected chi connectivity index (χ4v) is 3.96. The summed E-state index contributed by atoms with van der Waals surface area (Å²) in [5.41, 5.74) is 2.45. The summed E-state index contributed by atoms with van der Waals surface area (Å²) < 4.78 is 17.7. The van der Waals surface area contributed by atoms with Gasteiger partial charge in [0.25, 0.3) is 0 Å². The summed E-state index contributed by atoms with van der Waals surface area (Å²) in [7, 11) is 0. The molecule has 1 heterocycles. The second-order valence-corrected chi connectivity index (χ2v) is 7.71. The molecule has 3 aromatic rings. The highest BCUT2D eigenvalue weighted by Crippen LogP contribution is 2.40. The van der Waals surface area contributed by atoms with Gasteiger partial charge in [0.2, 0.25) is 0 Å². The number of hydrogen-bond acceptors (Lipinski definition) is 6. The van der Waals surface area contributed by atoms with Crippen LogP contribution in [0.3, 0.4) is 0 Å². The van der Waals surface area contributed by atoms with Gasteiger partial charge in [-0.25, -0.2) is 0 Å². The van der Waals surface area contributed by atoms with Crippen LogP contribution >= 0.6 is 0 Å². The number of fused-ring (bicyclic) bond motifs is 1. The number of carbonyl (C=O) groups excluding carboxylic acids is 1. The number of aliphatic carboxylic acids is 1. The molecule has 4 rings (SSSR count). The first-order valence-electron chi connectivity index (χ1n) is 10.7. The molecule has 3 aromatic carbocycles. The largest absolute Gasteiger partial charge is 0.546 e. The van der Waals surface area contributed by atoms with Crippen molar-refractivity contribution in [2.24, 2.45) is 0 Å². The molecule has 166 valence electrons. The van der Waals surface area contributed by atoms with Crippen LogP contribution in [-0.2, 0) is 15.1 Å². The average molecular weight is 432 g/mol. The quantitative estimate of drug-likeness (QED) is 0.518. The van der Waals surface area contributed by atoms with E-state index in [1.54, 1.807) is 6.07 Å². The first-order chi connectivity index (χ1) is 15.6. The Balaban J connectivity index is 1.50. The lowest BCUT2D eigenvalue weighted by Crippen LogP contribution is -2.38. The number of carbonyl (C=O) groups is 1. The van der Waals surface area contributed by atoms with Gasteiger partial charge >= 0.3 is 0 Å². The summed E-state index contributed by atoms with van der Waals surface area (Å²) in [6, 6.07) is 25.9. The lowest BCUT2D eigenvalue weighted by molar-refractivity contribution is -0.307. The van der Waals surface area contributed by atoms with Crippen molar-refractivity contribution in [1.29, 1.82) is 0 Å². The minimum Gasteiger partial charge on any atom is -0.546 e. The van der Waals surface area contributed by atoms with Crippen molar-refractivity contribution in [3.05, 3.63) is 90.0 Å². The fraction of sp³-hybridized carbons (Fsp3) is 0.269. The summed E-state index contributed by atoms with van der Waals surface area (Å²) in [4.78, 5) is 12.9. The predicted octanol–water partition coefficient (Wildman–Crippen LogP) is 2.99. The third-order valence-electron chi connectivity index (χ3n) is 5.65. The van der Waals surface area contributed by atoms with Gasteiger partial charge in [0.15, 0.2) is 11.5 Å². The first kappa shape index (κ1) is 21.7. The maximum absolute atomic E-state index is 10.8. The Hall–Kier alpha value is -3.51. The average Bonchev–Trinajstić information content (AvgIpc) is 2.84. The standard InChI is InChI=1S/C26H27NO5/c1-26(20-9-4-2-5-10-20,21-11-6-3-7-12-21)32-18-16-27-15-17-30-25-22(27)13-8-14-23(25)31-19-24(28)29/h2-14H,15-19H2,1H3,(H,28,29)/p-1. The Morgan fingerprint density at radius 2 is 1.66 bits per heavy atom. The number of ether oxygens (including phenoxy) is 3. The SMILES string of the molecule is CC(OCCN1CCOc2c(OCC(=O)[O-])cccc21)(c1ccccc1)c1ccccc1. The van der Waals surface area contributed by atoms with Crippen LogP contribution in [0, 0.1) is 0 Å². The van der Waals surface area contributed by atoms with Crippen LogP contribution < -0.4 is 19.5 Å². The Bertz CT molecular complexity index is 999. The molecule has 0 spiro atoms. The molecule has 6 heteroatoms. The van der Waals surface area contributed by atoms with E-state index in [2.05, 4.69) is 36.1 Å². The van der Waals surface area contributed by atoms with E-state index in [4.69, 9.17) is 14.2 Å². The Kier molecular flexibility index (Phi) is 6.61. The number of carboxylic acid groups (broad SMARTS) is 1. The fourth-order valence-electron chi connectivity index (χ4n) is 3.96. The molecule has 0 aromatic heterocycles. The summed E-state index contributed by atoms with van der Waals surface area (Å²) in [6.45, 7) is 3.90. The smallest absolute Gasteiger partial charge is 0.184 e. The molecule has 0 N–H and O–H groups in total. The molecule has 0 radical (unpaired) electrons. The number of nitrogens with zero attached hydrogens (tertiary/aromatic N) is 1. The van der Waals surface area contributed by atoms with Crippen LogP contribution in [0.1, 0.15) is 18.1 Å². The van der Waals surface area contributed by atoms with Crippen LogP contribution in [0.4, 0.5) is 5.69 Å². The van der Waals surface area contributed by atoms with E-state index < -0.39 is 18.2 Å². The van der Waals surface area contributed by atoms with E-state index in [9.17, 15) is 9.90 Å². The van der Waals surface area contributed by atoms with Crippen LogP contribution in [0.2, 0.25) is 0 Å². The number of anilines is 1. The van der Waals surface area contributed by atoms with E-state index in [-0.39, 0.29) is 0 Å². The molecule has 0 saturated carbocycles. The zero-order valence-corrected chi connectivity index (χ0v) is 18.0. The zero-order valence-electron chi connectivity index (χ0n) is 18.0. The second-order valence-electron chi connectivity index (χ2n) is 7.71. The van der Waals surface area contributed by atoms with Crippen molar-refractivity contribution in [3.8, 4) is 11.5 Å². The minimum atomic E-state index is -1.27. The van der Waals surface area contributed by atoms with Crippen LogP contribution in [0.5, 0.6) is 11.5 Å². The monoisotopic (exact) mass is 432 g/mol. The van der Waals surface area contributed by atoms with Gasteiger partial charge in [0, 0.05) is 6.54 Å². The van der Waals surface area contributed by atoms with E-state index >= 15 is 0 Å². The van der Waals surface area contributed by atoms with Crippen molar-refractivity contribution >= 4 is 11.7 Å². The van der Waals surface area contributed by atoms with E-state index in [1.165, 1.54) is 0 Å². The van der Waals surface area contributed by atoms with Gasteiger partial charge < -0.3 is 29.0 Å². The molecule has 1 aliphatic heterocycles. The number of benzene rings is 3. The zero-order chi connectivity index (χ0) is 22.4. The van der Waals surface area contributed by atoms with Gasteiger partial charge in [0.05, 0.1) is 24.8 Å². The van der Waals surface area contributed by atoms with Crippen molar-refractivity contribution in [2.75, 3.05) is 37.8 Å². The van der Waals surface area contributed by atoms with Crippen LogP contribution in [0.15, 0.2) is 78.9 Å². The lowest BCUT2D eigenvalue weighted by atomic mass is 9.88. The van der Waals surface area contributed by atoms with Crippen molar-refractivity contribution in [1.82, 2.24) is 0 Å². The van der Waals surface area contributed by atoms with Gasteiger partial charge in [-0.3, -0.25) is 0 Å². The van der Waals surface area contributed by atoms with E-state index in [0.29, 0.717) is 37.8 Å². The number of para-hydroxylation sites is 1. The summed E-state index contributed by atoms with van der Waals surface area (Å²) >= 11 is 0. The molecule has 0 saturated heterocycles. The normalized spacial score (nSPS) is 13.2. The Labute approximate surface area is 188 Å². The molecule has 0 aliphatic carbocycles. The van der Waals surface area contributed by atoms with Gasteiger partial charge in [-0.05, 0) is 30.2 Å². The second kappa shape index (κ2) is 9.75. The van der Waals surface area contributed by atoms with Crippen LogP contribution in [-0.4, -0.2) is 38.9 Å². The number of carboxylic acids is 1. The maximum atomic E-state index is 10.8. The molecular formula is C26H26NO5-. The predicted molar refractivity (Wildman–Crippen MR) is 120 cm³/mol. The van der Waals surface area contributed by atoms with Crippen molar-refractivity contribution in [3.63, 3.8) is 0 Å². The van der Waals surface area contributed by atoms with E-state index in [1.807, 2.05) is 48.5 Å². The molecule has 1 aliphatic rings. The minimum absolute atomic E-state index is 0.399. The molecule has 6 nitrogen and oxygen atoms in total. The summed E-state index contributed by atoms with van der Waals surface area (Å²) in [5, 5.41) is 10.8. The Morgan fingerprint density at radius 3 is 2.28 bits per heavy atom. The third kappa shape index (κ3) is 4.70. The molecule has 0 atom stereocenters. The van der Waals surface area contributed by atoms with Crippen molar-refractivity contribution < 1.29 is 24.1 Å². The van der Waals surface area contributed by atoms with E-state index in [0.717, 1.165) is 16.8 Å². The Morgan fingerprint density at radius 1 is 1.00 bits per heavy atom. The lowest BCUT2D eigenvalue weighted by Gasteiger charge is -2.35. The number of hydrogen-bond donors (Lipinski definition) is 0. The summed E-state index contributed by atoms with van der Waals surface area (Å²) in [5.74, 6) is -0.325. The van der Waals surface area contributed by atoms with Gasteiger partial charge in [-0.15, -0.1) is 0 Å². The molecular weight excluding hydrogens is 406 g/mol. The topological polar surface area (TPSA) is 71.1 Å². The number of rotatable bonds is 9. The van der Waals surface area contributed by atoms with Gasteiger partial charge in [-0.2, -0.15) is 0 Å². The molecule has 0 fully saturated rings. The van der Waals surface area contributed by atoms with Crippen LogP contribution in [0.25, 0.3) is 0 Å². The molecule has 0 bridgehead atoms. The summed E-state index contributed by atoms with van der Waals surface area (Å²) in [6.07, 6.45) is 0. The highest BCUT2D eigenvalue weighted by atomic mass is 16.5. The molecule has 32 heavy (non-hydrogen) atoms. The maximum Gasteiger partial charge on any atom is 0.184 e. The third-order valence-corrected chi connectivity index (χ3v) is 5.65.